The number of nitrogens with zero attached hydrogens (tertiary/aromatic N) is 1. The average Bonchev–Trinajstić information content (AvgIpc) is 2.49. The second-order valence-corrected chi connectivity index (χ2v) is 3.27. The second-order valence-electron chi connectivity index (χ2n) is 3.27. The molecule has 82 valence electrons. The van der Waals surface area contributed by atoms with E-state index >= 15 is 0 Å². The highest BCUT2D eigenvalue weighted by molar-refractivity contribution is 5.90. The van der Waals surface area contributed by atoms with Crippen LogP contribution in [-0.4, -0.2) is 28.0 Å². The van der Waals surface area contributed by atoms with E-state index in [2.05, 4.69) is 10.3 Å². The van der Waals surface area contributed by atoms with Gasteiger partial charge in [-0.2, -0.15) is 0 Å². The molecule has 0 aliphatic rings. The summed E-state index contributed by atoms with van der Waals surface area (Å²) in [6.45, 7) is 3.29. The molecule has 1 amide bonds. The lowest BCUT2D eigenvalue weighted by Gasteiger charge is -2.08. The minimum absolute atomic E-state index is 0.0512. The van der Waals surface area contributed by atoms with Crippen molar-refractivity contribution < 1.29 is 19.1 Å². The fourth-order valence-corrected chi connectivity index (χ4v) is 1.06. The molecule has 1 heterocycles. The highest BCUT2D eigenvalue weighted by Gasteiger charge is 2.16. The number of aliphatic carboxylic acids is 1. The zero-order valence-corrected chi connectivity index (χ0v) is 8.48. The Morgan fingerprint density at radius 1 is 1.67 bits per heavy atom. The largest absolute Gasteiger partial charge is 0.481 e. The fourth-order valence-electron chi connectivity index (χ4n) is 1.06. The van der Waals surface area contributed by atoms with Crippen molar-refractivity contribution in [1.82, 2.24) is 10.3 Å². The van der Waals surface area contributed by atoms with Crippen LogP contribution in [0.5, 0.6) is 0 Å². The smallest absolute Gasteiger partial charge is 0.307 e. The normalized spacial score (nSPS) is 12.1. The summed E-state index contributed by atoms with van der Waals surface area (Å²) in [6.07, 6.45) is 1.22. The third kappa shape index (κ3) is 3.41. The molecule has 1 atom stereocenters. The van der Waals surface area contributed by atoms with Crippen LogP contribution in [0, 0.1) is 6.92 Å². The standard InChI is InChI=1S/C9H12N2O4/c1-5(3-7(12)13)10-8(14)9-11-6(2)4-15-9/h4-5H,3H2,1-2H3,(H,10,14)(H,12,13). The molecule has 6 heteroatoms. The number of amides is 1. The van der Waals surface area contributed by atoms with Crippen molar-refractivity contribution in [2.75, 3.05) is 0 Å². The summed E-state index contributed by atoms with van der Waals surface area (Å²) in [5.41, 5.74) is 0.603. The Balaban J connectivity index is 2.52. The molecule has 0 fully saturated rings. The summed E-state index contributed by atoms with van der Waals surface area (Å²) in [6, 6.07) is -0.456. The van der Waals surface area contributed by atoms with Gasteiger partial charge in [-0.25, -0.2) is 4.98 Å². The zero-order valence-electron chi connectivity index (χ0n) is 8.48. The van der Waals surface area contributed by atoms with Gasteiger partial charge < -0.3 is 14.8 Å². The van der Waals surface area contributed by atoms with Crippen molar-refractivity contribution in [2.45, 2.75) is 26.3 Å². The predicted octanol–water partition coefficient (Wildman–Crippen LogP) is 0.576. The molecular formula is C9H12N2O4. The Morgan fingerprint density at radius 3 is 2.80 bits per heavy atom. The van der Waals surface area contributed by atoms with Gasteiger partial charge in [0.25, 0.3) is 5.89 Å². The predicted molar refractivity (Wildman–Crippen MR) is 50.4 cm³/mol. The van der Waals surface area contributed by atoms with E-state index in [0.29, 0.717) is 5.69 Å². The lowest BCUT2D eigenvalue weighted by molar-refractivity contribution is -0.137. The van der Waals surface area contributed by atoms with Crippen LogP contribution in [0.4, 0.5) is 0 Å². The maximum absolute atomic E-state index is 11.4. The average molecular weight is 212 g/mol. The molecule has 15 heavy (non-hydrogen) atoms. The second kappa shape index (κ2) is 4.59. The molecule has 0 aliphatic heterocycles. The Hall–Kier alpha value is -1.85. The van der Waals surface area contributed by atoms with Crippen LogP contribution in [-0.2, 0) is 4.79 Å². The summed E-state index contributed by atoms with van der Waals surface area (Å²) in [5.74, 6) is -1.52. The number of hydrogen-bond donors (Lipinski definition) is 2. The summed E-state index contributed by atoms with van der Waals surface area (Å²) in [4.78, 5) is 25.5. The lowest BCUT2D eigenvalue weighted by atomic mass is 10.2. The number of oxazole rings is 1. The Bertz CT molecular complexity index is 372. The van der Waals surface area contributed by atoms with Gasteiger partial charge in [0.05, 0.1) is 12.1 Å². The van der Waals surface area contributed by atoms with Crippen molar-refractivity contribution in [3.05, 3.63) is 17.8 Å². The van der Waals surface area contributed by atoms with Gasteiger partial charge in [0.15, 0.2) is 0 Å². The third-order valence-electron chi connectivity index (χ3n) is 1.67. The number of carboxylic acid groups (broad SMARTS) is 1. The molecule has 0 aliphatic carbocycles. The van der Waals surface area contributed by atoms with Gasteiger partial charge in [0.1, 0.15) is 6.26 Å². The maximum atomic E-state index is 11.4. The number of carboxylic acids is 1. The summed E-state index contributed by atoms with van der Waals surface area (Å²) in [7, 11) is 0. The van der Waals surface area contributed by atoms with Crippen molar-refractivity contribution in [2.24, 2.45) is 0 Å². The minimum Gasteiger partial charge on any atom is -0.481 e. The number of aromatic nitrogens is 1. The molecule has 1 unspecified atom stereocenters. The van der Waals surface area contributed by atoms with Crippen LogP contribution in [0.25, 0.3) is 0 Å². The molecule has 0 spiro atoms. The van der Waals surface area contributed by atoms with Gasteiger partial charge in [0, 0.05) is 6.04 Å². The van der Waals surface area contributed by atoms with Gasteiger partial charge >= 0.3 is 11.9 Å². The van der Waals surface area contributed by atoms with Crippen LogP contribution in [0.15, 0.2) is 10.7 Å². The van der Waals surface area contributed by atoms with E-state index in [4.69, 9.17) is 9.52 Å². The molecular weight excluding hydrogens is 200 g/mol. The molecule has 0 bridgehead atoms. The molecule has 0 radical (unpaired) electrons. The number of aryl methyl sites for hydroxylation is 1. The van der Waals surface area contributed by atoms with E-state index in [0.717, 1.165) is 0 Å². The molecule has 1 aromatic rings. The van der Waals surface area contributed by atoms with Gasteiger partial charge in [-0.3, -0.25) is 9.59 Å². The van der Waals surface area contributed by atoms with Gasteiger partial charge in [0.2, 0.25) is 0 Å². The van der Waals surface area contributed by atoms with E-state index in [1.54, 1.807) is 13.8 Å². The van der Waals surface area contributed by atoms with Crippen molar-refractivity contribution in [3.63, 3.8) is 0 Å². The van der Waals surface area contributed by atoms with E-state index < -0.39 is 17.9 Å². The molecule has 6 nitrogen and oxygen atoms in total. The quantitative estimate of drug-likeness (QED) is 0.761. The topological polar surface area (TPSA) is 92.4 Å². The minimum atomic E-state index is -0.966. The lowest BCUT2D eigenvalue weighted by Crippen LogP contribution is -2.34. The number of rotatable bonds is 4. The SMILES string of the molecule is Cc1coc(C(=O)NC(C)CC(=O)O)n1. The number of carbonyl (C=O) groups is 2. The molecule has 2 N–H and O–H groups in total. The summed E-state index contributed by atoms with van der Waals surface area (Å²) in [5, 5.41) is 10.9. The first-order valence-electron chi connectivity index (χ1n) is 4.44. The zero-order chi connectivity index (χ0) is 11.4. The van der Waals surface area contributed by atoms with Crippen LogP contribution in [0.2, 0.25) is 0 Å². The Labute approximate surface area is 86.3 Å². The monoisotopic (exact) mass is 212 g/mol. The molecule has 0 saturated carbocycles. The van der Waals surface area contributed by atoms with E-state index in [9.17, 15) is 9.59 Å². The molecule has 1 rings (SSSR count). The first-order valence-corrected chi connectivity index (χ1v) is 4.44. The van der Waals surface area contributed by atoms with E-state index in [-0.39, 0.29) is 12.3 Å². The van der Waals surface area contributed by atoms with Crippen molar-refractivity contribution in [3.8, 4) is 0 Å². The summed E-state index contributed by atoms with van der Waals surface area (Å²) >= 11 is 0. The van der Waals surface area contributed by atoms with Gasteiger partial charge in [-0.05, 0) is 13.8 Å². The third-order valence-corrected chi connectivity index (χ3v) is 1.67. The van der Waals surface area contributed by atoms with Crippen LogP contribution in [0.1, 0.15) is 29.7 Å². The van der Waals surface area contributed by atoms with Crippen LogP contribution < -0.4 is 5.32 Å². The highest BCUT2D eigenvalue weighted by atomic mass is 16.4. The molecule has 0 aromatic carbocycles. The maximum Gasteiger partial charge on any atom is 0.307 e. The Morgan fingerprint density at radius 2 is 2.33 bits per heavy atom. The van der Waals surface area contributed by atoms with Crippen molar-refractivity contribution in [1.29, 1.82) is 0 Å². The number of carbonyl (C=O) groups excluding carboxylic acids is 1. The van der Waals surface area contributed by atoms with Gasteiger partial charge in [-0.1, -0.05) is 0 Å². The first-order chi connectivity index (χ1) is 6.99. The molecule has 0 saturated heterocycles. The summed E-state index contributed by atoms with van der Waals surface area (Å²) < 4.78 is 4.86. The van der Waals surface area contributed by atoms with E-state index in [1.165, 1.54) is 6.26 Å². The van der Waals surface area contributed by atoms with Crippen LogP contribution >= 0.6 is 0 Å². The van der Waals surface area contributed by atoms with Gasteiger partial charge in [-0.15, -0.1) is 0 Å². The number of hydrogen-bond acceptors (Lipinski definition) is 4. The fraction of sp³-hybridized carbons (Fsp3) is 0.444. The Kier molecular flexibility index (Phi) is 3.43. The van der Waals surface area contributed by atoms with Crippen LogP contribution in [0.3, 0.4) is 0 Å². The van der Waals surface area contributed by atoms with E-state index in [1.807, 2.05) is 0 Å². The first kappa shape index (κ1) is 11.2. The number of nitrogens with one attached hydrogen (secondary N) is 1. The molecule has 1 aromatic heterocycles. The highest BCUT2D eigenvalue weighted by Crippen LogP contribution is 2.01. The van der Waals surface area contributed by atoms with Crippen molar-refractivity contribution >= 4 is 11.9 Å².